The van der Waals surface area contributed by atoms with Gasteiger partial charge in [0.05, 0.1) is 23.9 Å². The number of ether oxygens (including phenoxy) is 1. The molecule has 1 saturated carbocycles. The largest absolute Gasteiger partial charge is 0.494 e. The van der Waals surface area contributed by atoms with Gasteiger partial charge in [-0.25, -0.2) is 0 Å². The van der Waals surface area contributed by atoms with Gasteiger partial charge in [-0.05, 0) is 51.1 Å². The predicted octanol–water partition coefficient (Wildman–Crippen LogP) is 3.37. The van der Waals surface area contributed by atoms with E-state index in [1.165, 1.54) is 6.42 Å². The zero-order valence-corrected chi connectivity index (χ0v) is 14.0. The van der Waals surface area contributed by atoms with Crippen molar-refractivity contribution in [2.24, 2.45) is 0 Å². The molecule has 0 aliphatic heterocycles. The molecule has 0 bridgehead atoms. The van der Waals surface area contributed by atoms with Crippen LogP contribution in [0, 0.1) is 0 Å². The molecular weight excluding hydrogens is 288 g/mol. The third-order valence-electron chi connectivity index (χ3n) is 4.70. The molecule has 4 nitrogen and oxygen atoms in total. The number of aliphatic hydroxyl groups is 1. The van der Waals surface area contributed by atoms with Gasteiger partial charge in [-0.2, -0.15) is 0 Å². The van der Waals surface area contributed by atoms with Crippen molar-refractivity contribution < 1.29 is 9.84 Å². The fourth-order valence-corrected chi connectivity index (χ4v) is 3.47. The Kier molecular flexibility index (Phi) is 5.13. The van der Waals surface area contributed by atoms with Crippen molar-refractivity contribution in [3.05, 3.63) is 36.0 Å². The highest BCUT2D eigenvalue weighted by molar-refractivity contribution is 5.80. The molecule has 2 aromatic rings. The van der Waals surface area contributed by atoms with Gasteiger partial charge < -0.3 is 9.84 Å². The summed E-state index contributed by atoms with van der Waals surface area (Å²) in [5.41, 5.74) is 2.03. The lowest BCUT2D eigenvalue weighted by molar-refractivity contribution is 0.0284. The third kappa shape index (κ3) is 3.82. The van der Waals surface area contributed by atoms with Gasteiger partial charge in [0.2, 0.25) is 0 Å². The van der Waals surface area contributed by atoms with Crippen LogP contribution in [0.1, 0.15) is 38.3 Å². The lowest BCUT2D eigenvalue weighted by Gasteiger charge is -2.35. The van der Waals surface area contributed by atoms with Gasteiger partial charge in [0.15, 0.2) is 0 Å². The Morgan fingerprint density at radius 3 is 2.83 bits per heavy atom. The average molecular weight is 314 g/mol. The van der Waals surface area contributed by atoms with Crippen molar-refractivity contribution in [2.75, 3.05) is 13.7 Å². The van der Waals surface area contributed by atoms with Gasteiger partial charge in [-0.1, -0.05) is 18.9 Å². The van der Waals surface area contributed by atoms with Gasteiger partial charge in [-0.3, -0.25) is 9.88 Å². The molecule has 124 valence electrons. The molecule has 1 aliphatic rings. The second kappa shape index (κ2) is 7.28. The normalized spacial score (nSPS) is 21.7. The summed E-state index contributed by atoms with van der Waals surface area (Å²) >= 11 is 0. The number of hydrogen-bond donors (Lipinski definition) is 1. The van der Waals surface area contributed by atoms with Gasteiger partial charge >= 0.3 is 0 Å². The Labute approximate surface area is 138 Å². The zero-order valence-electron chi connectivity index (χ0n) is 14.0. The first kappa shape index (κ1) is 16.2. The van der Waals surface area contributed by atoms with Gasteiger partial charge in [0, 0.05) is 18.0 Å². The van der Waals surface area contributed by atoms with Gasteiger partial charge in [0.25, 0.3) is 0 Å². The molecule has 1 heterocycles. The molecule has 1 aliphatic carbocycles. The summed E-state index contributed by atoms with van der Waals surface area (Å²) in [6.07, 6.45) is 4.13. The summed E-state index contributed by atoms with van der Waals surface area (Å²) in [5, 5.41) is 11.3. The number of likely N-dealkylation sites (N-methyl/N-ethyl adjacent to an activating group) is 1. The van der Waals surface area contributed by atoms with Gasteiger partial charge in [0.1, 0.15) is 5.75 Å². The molecule has 3 rings (SSSR count). The highest BCUT2D eigenvalue weighted by atomic mass is 16.5. The fraction of sp³-hybridized carbons (Fsp3) is 0.526. The van der Waals surface area contributed by atoms with E-state index >= 15 is 0 Å². The summed E-state index contributed by atoms with van der Waals surface area (Å²) < 4.78 is 5.54. The summed E-state index contributed by atoms with van der Waals surface area (Å²) in [6, 6.07) is 10.4. The molecule has 1 aromatic heterocycles. The van der Waals surface area contributed by atoms with Crippen molar-refractivity contribution in [1.82, 2.24) is 9.88 Å². The van der Waals surface area contributed by atoms with Crippen molar-refractivity contribution in [3.63, 3.8) is 0 Å². The van der Waals surface area contributed by atoms with E-state index < -0.39 is 0 Å². The number of aliphatic hydroxyl groups excluding tert-OH is 1. The Balaban J connectivity index is 1.73. The van der Waals surface area contributed by atoms with E-state index in [4.69, 9.17) is 9.72 Å². The third-order valence-corrected chi connectivity index (χ3v) is 4.70. The van der Waals surface area contributed by atoms with Crippen LogP contribution in [0.2, 0.25) is 0 Å². The van der Waals surface area contributed by atoms with E-state index in [0.29, 0.717) is 6.61 Å². The molecule has 4 heteroatoms. The average Bonchev–Trinajstić information content (AvgIpc) is 2.55. The summed E-state index contributed by atoms with van der Waals surface area (Å²) in [5.74, 6) is 0.886. The molecule has 2 atom stereocenters. The van der Waals surface area contributed by atoms with E-state index in [1.807, 2.05) is 25.1 Å². The standard InChI is InChI=1S/C19H26N2O2/c1-3-23-16-10-11-17-14(12-16)8-9-15(20-17)13-21(2)18-6-4-5-7-19(18)22/h8-12,18-19,22H,3-7,13H2,1-2H3/t18-,19+/m1/s1. The number of pyridine rings is 1. The van der Waals surface area contributed by atoms with Crippen LogP contribution in [0.4, 0.5) is 0 Å². The molecule has 0 saturated heterocycles. The first-order chi connectivity index (χ1) is 11.2. The summed E-state index contributed by atoms with van der Waals surface area (Å²) in [4.78, 5) is 7.00. The van der Waals surface area contributed by atoms with Crippen molar-refractivity contribution >= 4 is 10.9 Å². The van der Waals surface area contributed by atoms with E-state index in [2.05, 4.69) is 24.1 Å². The van der Waals surface area contributed by atoms with Gasteiger partial charge in [-0.15, -0.1) is 0 Å². The number of rotatable bonds is 5. The molecular formula is C19H26N2O2. The van der Waals surface area contributed by atoms with E-state index in [0.717, 1.165) is 48.2 Å². The van der Waals surface area contributed by atoms with Crippen LogP contribution in [-0.4, -0.2) is 40.8 Å². The Morgan fingerprint density at radius 2 is 2.04 bits per heavy atom. The Morgan fingerprint density at radius 1 is 1.22 bits per heavy atom. The number of aromatic nitrogens is 1. The number of hydrogen-bond acceptors (Lipinski definition) is 4. The minimum atomic E-state index is -0.206. The number of fused-ring (bicyclic) bond motifs is 1. The second-order valence-corrected chi connectivity index (χ2v) is 6.42. The Hall–Kier alpha value is -1.65. The first-order valence-electron chi connectivity index (χ1n) is 8.58. The topological polar surface area (TPSA) is 45.6 Å². The van der Waals surface area contributed by atoms with E-state index in [-0.39, 0.29) is 12.1 Å². The molecule has 0 unspecified atom stereocenters. The van der Waals surface area contributed by atoms with Crippen molar-refractivity contribution in [3.8, 4) is 5.75 Å². The molecule has 0 radical (unpaired) electrons. The number of benzene rings is 1. The minimum Gasteiger partial charge on any atom is -0.494 e. The Bertz CT molecular complexity index is 659. The summed E-state index contributed by atoms with van der Waals surface area (Å²) in [6.45, 7) is 3.43. The maximum atomic E-state index is 10.2. The number of nitrogens with zero attached hydrogens (tertiary/aromatic N) is 2. The van der Waals surface area contributed by atoms with E-state index in [1.54, 1.807) is 0 Å². The monoisotopic (exact) mass is 314 g/mol. The highest BCUT2D eigenvalue weighted by Crippen LogP contribution is 2.24. The van der Waals surface area contributed by atoms with Crippen molar-refractivity contribution in [2.45, 2.75) is 51.3 Å². The SMILES string of the molecule is CCOc1ccc2nc(CN(C)[C@@H]3CCCC[C@@H]3O)ccc2c1. The van der Waals surface area contributed by atoms with Crippen LogP contribution in [0.3, 0.4) is 0 Å². The predicted molar refractivity (Wildman–Crippen MR) is 92.6 cm³/mol. The minimum absolute atomic E-state index is 0.206. The second-order valence-electron chi connectivity index (χ2n) is 6.42. The van der Waals surface area contributed by atoms with Crippen LogP contribution in [-0.2, 0) is 6.54 Å². The fourth-order valence-electron chi connectivity index (χ4n) is 3.47. The maximum absolute atomic E-state index is 10.2. The molecule has 1 aromatic carbocycles. The van der Waals surface area contributed by atoms with Crippen LogP contribution >= 0.6 is 0 Å². The van der Waals surface area contributed by atoms with Crippen LogP contribution in [0.5, 0.6) is 5.75 Å². The smallest absolute Gasteiger partial charge is 0.120 e. The van der Waals surface area contributed by atoms with Crippen LogP contribution in [0.25, 0.3) is 10.9 Å². The zero-order chi connectivity index (χ0) is 16.2. The lowest BCUT2D eigenvalue weighted by atomic mass is 9.91. The first-order valence-corrected chi connectivity index (χ1v) is 8.58. The molecule has 1 fully saturated rings. The van der Waals surface area contributed by atoms with Crippen LogP contribution < -0.4 is 4.74 Å². The molecule has 0 spiro atoms. The van der Waals surface area contributed by atoms with Crippen LogP contribution in [0.15, 0.2) is 30.3 Å². The summed E-state index contributed by atoms with van der Waals surface area (Å²) in [7, 11) is 2.09. The lowest BCUT2D eigenvalue weighted by Crippen LogP contribution is -2.42. The molecule has 23 heavy (non-hydrogen) atoms. The molecule has 1 N–H and O–H groups in total. The maximum Gasteiger partial charge on any atom is 0.120 e. The van der Waals surface area contributed by atoms with Crippen molar-refractivity contribution in [1.29, 1.82) is 0 Å². The van der Waals surface area contributed by atoms with E-state index in [9.17, 15) is 5.11 Å². The molecule has 0 amide bonds. The highest BCUT2D eigenvalue weighted by Gasteiger charge is 2.26. The quantitative estimate of drug-likeness (QED) is 0.919.